The van der Waals surface area contributed by atoms with Gasteiger partial charge < -0.3 is 10.5 Å². The van der Waals surface area contributed by atoms with Crippen LogP contribution < -0.4 is 5.73 Å². The van der Waals surface area contributed by atoms with Gasteiger partial charge in [0.1, 0.15) is 18.5 Å². The third-order valence-electron chi connectivity index (χ3n) is 2.09. The molecule has 0 saturated carbocycles. The van der Waals surface area contributed by atoms with E-state index in [1.54, 1.807) is 13.0 Å². The normalized spacial score (nSPS) is 15.1. The molecule has 0 bridgehead atoms. The molecule has 0 fully saturated rings. The predicted molar refractivity (Wildman–Crippen MR) is 54.7 cm³/mol. The fraction of sp³-hybridized carbons (Fsp3) is 0.455. The monoisotopic (exact) mass is 233 g/mol. The maximum absolute atomic E-state index is 13.4. The van der Waals surface area contributed by atoms with Gasteiger partial charge in [-0.25, -0.2) is 13.2 Å². The van der Waals surface area contributed by atoms with E-state index in [-0.39, 0.29) is 5.56 Å². The van der Waals surface area contributed by atoms with Crippen molar-refractivity contribution < 1.29 is 17.9 Å². The Morgan fingerprint density at radius 1 is 1.31 bits per heavy atom. The first-order valence-corrected chi connectivity index (χ1v) is 4.92. The van der Waals surface area contributed by atoms with Gasteiger partial charge in [0.05, 0.1) is 0 Å². The summed E-state index contributed by atoms with van der Waals surface area (Å²) in [5.41, 5.74) is 5.79. The molecule has 0 heterocycles. The first-order chi connectivity index (χ1) is 7.52. The summed E-state index contributed by atoms with van der Waals surface area (Å²) in [6.07, 6.45) is -3.44. The molecule has 0 aliphatic carbocycles. The smallest absolute Gasteiger partial charge is 0.261 e. The molecule has 16 heavy (non-hydrogen) atoms. The minimum absolute atomic E-state index is 0.207. The van der Waals surface area contributed by atoms with Crippen LogP contribution in [0.3, 0.4) is 0 Å². The molecule has 2 nitrogen and oxygen atoms in total. The molecule has 0 aromatic heterocycles. The first-order valence-electron chi connectivity index (χ1n) is 4.92. The lowest BCUT2D eigenvalue weighted by Gasteiger charge is -2.22. The van der Waals surface area contributed by atoms with Crippen LogP contribution in [0, 0.1) is 5.82 Å². The van der Waals surface area contributed by atoms with Crippen LogP contribution in [0.25, 0.3) is 0 Å². The molecule has 0 amide bonds. The van der Waals surface area contributed by atoms with Crippen molar-refractivity contribution in [1.82, 2.24) is 0 Å². The number of nitrogens with two attached hydrogens (primary N) is 1. The van der Waals surface area contributed by atoms with E-state index in [2.05, 4.69) is 0 Å². The largest absolute Gasteiger partial charge is 0.366 e. The molecule has 2 unspecified atom stereocenters. The van der Waals surface area contributed by atoms with Crippen LogP contribution in [0.1, 0.15) is 18.6 Å². The lowest BCUT2D eigenvalue weighted by molar-refractivity contribution is -0.0338. The van der Waals surface area contributed by atoms with E-state index in [4.69, 9.17) is 10.5 Å². The highest BCUT2D eigenvalue weighted by molar-refractivity contribution is 5.21. The highest BCUT2D eigenvalue weighted by atomic mass is 19.3. The van der Waals surface area contributed by atoms with Crippen molar-refractivity contribution in [3.8, 4) is 0 Å². The Morgan fingerprint density at radius 2 is 1.94 bits per heavy atom. The zero-order valence-corrected chi connectivity index (χ0v) is 8.87. The molecule has 2 N–H and O–H groups in total. The second kappa shape index (κ2) is 5.86. The van der Waals surface area contributed by atoms with E-state index in [9.17, 15) is 13.2 Å². The van der Waals surface area contributed by atoms with Gasteiger partial charge in [-0.15, -0.1) is 0 Å². The number of benzene rings is 1. The zero-order chi connectivity index (χ0) is 12.1. The van der Waals surface area contributed by atoms with E-state index >= 15 is 0 Å². The maximum Gasteiger partial charge on any atom is 0.261 e. The maximum atomic E-state index is 13.4. The van der Waals surface area contributed by atoms with Crippen molar-refractivity contribution >= 4 is 0 Å². The topological polar surface area (TPSA) is 35.2 Å². The number of hydrogen-bond donors (Lipinski definition) is 1. The summed E-state index contributed by atoms with van der Waals surface area (Å²) in [6.45, 7) is 0.836. The van der Waals surface area contributed by atoms with Crippen molar-refractivity contribution in [1.29, 1.82) is 0 Å². The van der Waals surface area contributed by atoms with Gasteiger partial charge in [-0.05, 0) is 13.0 Å². The number of ether oxygens (including phenoxy) is 1. The Bertz CT molecular complexity index is 331. The van der Waals surface area contributed by atoms with Crippen LogP contribution in [0.15, 0.2) is 24.3 Å². The predicted octanol–water partition coefficient (Wildman–Crippen LogP) is 2.50. The van der Waals surface area contributed by atoms with Crippen molar-refractivity contribution in [3.05, 3.63) is 35.6 Å². The quantitative estimate of drug-likeness (QED) is 0.848. The molecule has 0 aliphatic rings. The number of hydrogen-bond acceptors (Lipinski definition) is 2. The van der Waals surface area contributed by atoms with E-state index < -0.39 is 31.0 Å². The van der Waals surface area contributed by atoms with Crippen molar-refractivity contribution in [3.63, 3.8) is 0 Å². The SMILES string of the molecule is CC(N)C(OCC(F)F)c1ccccc1F. The molecule has 1 rings (SSSR count). The summed E-state index contributed by atoms with van der Waals surface area (Å²) in [4.78, 5) is 0. The van der Waals surface area contributed by atoms with Crippen molar-refractivity contribution in [2.75, 3.05) is 6.61 Å². The van der Waals surface area contributed by atoms with Gasteiger partial charge in [-0.3, -0.25) is 0 Å². The standard InChI is InChI=1S/C11H14F3NO/c1-7(15)11(16-6-10(13)14)8-4-2-3-5-9(8)12/h2-5,7,10-11H,6,15H2,1H3. The lowest BCUT2D eigenvalue weighted by Crippen LogP contribution is -2.29. The lowest BCUT2D eigenvalue weighted by atomic mass is 10.0. The summed E-state index contributed by atoms with van der Waals surface area (Å²) in [5.74, 6) is -0.501. The van der Waals surface area contributed by atoms with Gasteiger partial charge in [-0.2, -0.15) is 0 Å². The molecule has 5 heteroatoms. The fourth-order valence-electron chi connectivity index (χ4n) is 1.41. The van der Waals surface area contributed by atoms with Gasteiger partial charge in [0, 0.05) is 11.6 Å². The molecule has 2 atom stereocenters. The van der Waals surface area contributed by atoms with Crippen LogP contribution in [-0.4, -0.2) is 19.1 Å². The summed E-state index contributed by atoms with van der Waals surface area (Å²) in [6, 6.07) is 5.30. The van der Waals surface area contributed by atoms with E-state index in [1.807, 2.05) is 0 Å². The Balaban J connectivity index is 2.82. The average molecular weight is 233 g/mol. The first kappa shape index (κ1) is 13.0. The molecule has 0 aliphatic heterocycles. The van der Waals surface area contributed by atoms with Crippen LogP contribution in [0.2, 0.25) is 0 Å². The van der Waals surface area contributed by atoms with Crippen LogP contribution in [0.5, 0.6) is 0 Å². The molecule has 0 spiro atoms. The average Bonchev–Trinajstić information content (AvgIpc) is 2.20. The van der Waals surface area contributed by atoms with Crippen molar-refractivity contribution in [2.24, 2.45) is 5.73 Å². The van der Waals surface area contributed by atoms with Gasteiger partial charge in [-0.1, -0.05) is 18.2 Å². The number of rotatable bonds is 5. The second-order valence-electron chi connectivity index (χ2n) is 3.53. The van der Waals surface area contributed by atoms with E-state index in [0.29, 0.717) is 0 Å². The van der Waals surface area contributed by atoms with E-state index in [0.717, 1.165) is 0 Å². The second-order valence-corrected chi connectivity index (χ2v) is 3.53. The molecule has 1 aromatic carbocycles. The minimum Gasteiger partial charge on any atom is -0.366 e. The third-order valence-corrected chi connectivity index (χ3v) is 2.09. The molecular weight excluding hydrogens is 219 g/mol. The molecule has 0 radical (unpaired) electrons. The Morgan fingerprint density at radius 3 is 2.44 bits per heavy atom. The van der Waals surface area contributed by atoms with Gasteiger partial charge in [0.25, 0.3) is 6.43 Å². The molecular formula is C11H14F3NO. The van der Waals surface area contributed by atoms with Gasteiger partial charge in [0.15, 0.2) is 0 Å². The summed E-state index contributed by atoms with van der Waals surface area (Å²) in [7, 11) is 0. The highest BCUT2D eigenvalue weighted by Gasteiger charge is 2.21. The van der Waals surface area contributed by atoms with Gasteiger partial charge >= 0.3 is 0 Å². The number of alkyl halides is 2. The molecule has 0 saturated heterocycles. The fourth-order valence-corrected chi connectivity index (χ4v) is 1.41. The summed E-state index contributed by atoms with van der Waals surface area (Å²) in [5, 5.41) is 0. The summed E-state index contributed by atoms with van der Waals surface area (Å²) >= 11 is 0. The zero-order valence-electron chi connectivity index (χ0n) is 8.87. The third kappa shape index (κ3) is 3.50. The Kier molecular flexibility index (Phi) is 4.76. The molecule has 1 aromatic rings. The minimum atomic E-state index is -2.59. The molecule has 90 valence electrons. The van der Waals surface area contributed by atoms with Crippen LogP contribution in [0.4, 0.5) is 13.2 Å². The van der Waals surface area contributed by atoms with Gasteiger partial charge in [0.2, 0.25) is 0 Å². The van der Waals surface area contributed by atoms with Crippen LogP contribution >= 0.6 is 0 Å². The Labute approximate surface area is 92.2 Å². The number of halogens is 3. The van der Waals surface area contributed by atoms with Crippen molar-refractivity contribution in [2.45, 2.75) is 25.5 Å². The summed E-state index contributed by atoms with van der Waals surface area (Å²) < 4.78 is 42.3. The van der Waals surface area contributed by atoms with Crippen LogP contribution in [-0.2, 0) is 4.74 Å². The Hall–Kier alpha value is -1.07. The van der Waals surface area contributed by atoms with E-state index in [1.165, 1.54) is 18.2 Å². The highest BCUT2D eigenvalue weighted by Crippen LogP contribution is 2.23.